The third-order valence-corrected chi connectivity index (χ3v) is 5.11. The van der Waals surface area contributed by atoms with Crippen molar-refractivity contribution in [2.75, 3.05) is 5.75 Å². The fourth-order valence-electron chi connectivity index (χ4n) is 1.28. The van der Waals surface area contributed by atoms with Crippen LogP contribution in [0.5, 0.6) is 0 Å². The topological polar surface area (TPSA) is 111 Å². The number of aryl methyl sites for hydroxylation is 1. The van der Waals surface area contributed by atoms with Crippen LogP contribution in [0.25, 0.3) is 0 Å². The zero-order valence-electron chi connectivity index (χ0n) is 11.1. The van der Waals surface area contributed by atoms with Gasteiger partial charge in [-0.3, -0.25) is 0 Å². The largest absolute Gasteiger partial charge is 0.252 e. The van der Waals surface area contributed by atoms with Crippen molar-refractivity contribution in [1.29, 1.82) is 10.5 Å². The molecular weight excluding hydrogens is 326 g/mol. The zero-order chi connectivity index (χ0) is 15.2. The van der Waals surface area contributed by atoms with Gasteiger partial charge in [0.15, 0.2) is 15.3 Å². The van der Waals surface area contributed by atoms with E-state index >= 15 is 0 Å². The normalized spacial score (nSPS) is 10.9. The van der Waals surface area contributed by atoms with Crippen molar-refractivity contribution in [3.8, 4) is 12.1 Å². The lowest BCUT2D eigenvalue weighted by Gasteiger charge is -1.88. The lowest BCUT2D eigenvalue weighted by Crippen LogP contribution is -1.89. The molecule has 0 spiro atoms. The van der Waals surface area contributed by atoms with Crippen LogP contribution in [0.1, 0.15) is 23.5 Å². The van der Waals surface area contributed by atoms with Crippen molar-refractivity contribution in [1.82, 2.24) is 15.2 Å². The monoisotopic (exact) mass is 335 g/mol. The molecule has 0 radical (unpaired) electrons. The van der Waals surface area contributed by atoms with Crippen molar-refractivity contribution < 1.29 is 0 Å². The van der Waals surface area contributed by atoms with Gasteiger partial charge in [0.25, 0.3) is 5.13 Å². The van der Waals surface area contributed by atoms with E-state index in [-0.39, 0.29) is 0 Å². The molecule has 2 heterocycles. The SMILES string of the molecule is CCSc1nnc(N=Nc2sc(C(C#N)C#N)nc2C)s1. The maximum Gasteiger partial charge on any atom is 0.252 e. The molecule has 0 bridgehead atoms. The van der Waals surface area contributed by atoms with Crippen LogP contribution in [0.3, 0.4) is 0 Å². The zero-order valence-corrected chi connectivity index (χ0v) is 13.6. The van der Waals surface area contributed by atoms with Gasteiger partial charge in [0.1, 0.15) is 5.01 Å². The van der Waals surface area contributed by atoms with Gasteiger partial charge in [0.2, 0.25) is 0 Å². The number of rotatable bonds is 5. The number of nitriles is 2. The maximum absolute atomic E-state index is 8.86. The van der Waals surface area contributed by atoms with Crippen molar-refractivity contribution in [3.05, 3.63) is 10.7 Å². The van der Waals surface area contributed by atoms with Gasteiger partial charge in [-0.05, 0) is 12.7 Å². The number of hydrogen-bond acceptors (Lipinski definition) is 10. The second kappa shape index (κ2) is 7.22. The Morgan fingerprint density at radius 1 is 1.24 bits per heavy atom. The minimum absolute atomic E-state index is 0.436. The van der Waals surface area contributed by atoms with Gasteiger partial charge in [-0.25, -0.2) is 4.98 Å². The van der Waals surface area contributed by atoms with Crippen LogP contribution in [0.15, 0.2) is 14.6 Å². The third-order valence-electron chi connectivity index (χ3n) is 2.18. The van der Waals surface area contributed by atoms with E-state index in [9.17, 15) is 0 Å². The van der Waals surface area contributed by atoms with Crippen LogP contribution in [-0.4, -0.2) is 20.9 Å². The van der Waals surface area contributed by atoms with Gasteiger partial charge >= 0.3 is 0 Å². The van der Waals surface area contributed by atoms with Crippen LogP contribution < -0.4 is 0 Å². The molecule has 0 aliphatic rings. The first kappa shape index (κ1) is 15.5. The lowest BCUT2D eigenvalue weighted by atomic mass is 10.2. The van der Waals surface area contributed by atoms with Crippen LogP contribution in [0.4, 0.5) is 10.1 Å². The van der Waals surface area contributed by atoms with Crippen LogP contribution in [0.2, 0.25) is 0 Å². The Morgan fingerprint density at radius 3 is 2.67 bits per heavy atom. The summed E-state index contributed by atoms with van der Waals surface area (Å²) in [5.41, 5.74) is 0.641. The summed E-state index contributed by atoms with van der Waals surface area (Å²) in [7, 11) is 0. The minimum Gasteiger partial charge on any atom is -0.242 e. The molecule has 2 aromatic heterocycles. The molecule has 0 aliphatic carbocycles. The first-order valence-electron chi connectivity index (χ1n) is 5.82. The Kier molecular flexibility index (Phi) is 5.33. The Hall–Kier alpha value is -1.88. The standard InChI is InChI=1S/C11H9N7S3/c1-3-19-11-18-17-10(21-11)16-15-8-6(2)14-9(20-8)7(4-12)5-13/h7H,3H2,1-2H3. The summed E-state index contributed by atoms with van der Waals surface area (Å²) in [6.07, 6.45) is 0. The number of nitrogens with zero attached hydrogens (tertiary/aromatic N) is 7. The number of thiazole rings is 1. The molecule has 0 aromatic carbocycles. The number of hydrogen-bond donors (Lipinski definition) is 0. The molecule has 0 amide bonds. The van der Waals surface area contributed by atoms with E-state index in [1.165, 1.54) is 22.7 Å². The Bertz CT molecular complexity index is 720. The third kappa shape index (κ3) is 3.82. The summed E-state index contributed by atoms with van der Waals surface area (Å²) in [6, 6.07) is 3.78. The molecule has 0 saturated carbocycles. The molecular formula is C11H9N7S3. The highest BCUT2D eigenvalue weighted by atomic mass is 32.2. The molecule has 0 atom stereocenters. The van der Waals surface area contributed by atoms with E-state index in [2.05, 4.69) is 25.4 Å². The highest BCUT2D eigenvalue weighted by molar-refractivity contribution is 8.01. The molecule has 10 heteroatoms. The molecule has 7 nitrogen and oxygen atoms in total. The Balaban J connectivity index is 2.17. The first-order valence-corrected chi connectivity index (χ1v) is 8.44. The van der Waals surface area contributed by atoms with Crippen molar-refractivity contribution >= 4 is 44.6 Å². The van der Waals surface area contributed by atoms with Crippen LogP contribution in [-0.2, 0) is 0 Å². The summed E-state index contributed by atoms with van der Waals surface area (Å²) in [4.78, 5) is 4.18. The van der Waals surface area contributed by atoms with Crippen LogP contribution >= 0.6 is 34.4 Å². The summed E-state index contributed by atoms with van der Waals surface area (Å²) in [6.45, 7) is 3.80. The van der Waals surface area contributed by atoms with Crippen molar-refractivity contribution in [2.24, 2.45) is 10.2 Å². The van der Waals surface area contributed by atoms with Gasteiger partial charge in [0, 0.05) is 0 Å². The molecule has 21 heavy (non-hydrogen) atoms. The second-order valence-corrected chi connectivity index (χ2v) is 7.09. The quantitative estimate of drug-likeness (QED) is 0.604. The van der Waals surface area contributed by atoms with E-state index in [1.54, 1.807) is 18.7 Å². The number of thioether (sulfide) groups is 1. The smallest absolute Gasteiger partial charge is 0.242 e. The Labute approximate surface area is 133 Å². The minimum atomic E-state index is -0.869. The molecule has 106 valence electrons. The Morgan fingerprint density at radius 2 is 2.00 bits per heavy atom. The van der Waals surface area contributed by atoms with Gasteiger partial charge < -0.3 is 0 Å². The van der Waals surface area contributed by atoms with E-state index in [0.29, 0.717) is 20.8 Å². The van der Waals surface area contributed by atoms with Gasteiger partial charge in [-0.2, -0.15) is 10.5 Å². The molecule has 0 saturated heterocycles. The fourth-order valence-corrected chi connectivity index (χ4v) is 3.72. The van der Waals surface area contributed by atoms with Crippen LogP contribution in [0, 0.1) is 29.6 Å². The maximum atomic E-state index is 8.86. The predicted octanol–water partition coefficient (Wildman–Crippen LogP) is 3.96. The highest BCUT2D eigenvalue weighted by Crippen LogP contribution is 2.33. The van der Waals surface area contributed by atoms with E-state index in [0.717, 1.165) is 10.1 Å². The van der Waals surface area contributed by atoms with E-state index < -0.39 is 5.92 Å². The molecule has 0 fully saturated rings. The van der Waals surface area contributed by atoms with Crippen molar-refractivity contribution in [3.63, 3.8) is 0 Å². The van der Waals surface area contributed by atoms with E-state index in [4.69, 9.17) is 10.5 Å². The fraction of sp³-hybridized carbons (Fsp3) is 0.364. The summed E-state index contributed by atoms with van der Waals surface area (Å²) in [5, 5.41) is 35.2. The predicted molar refractivity (Wildman–Crippen MR) is 81.3 cm³/mol. The van der Waals surface area contributed by atoms with Gasteiger partial charge in [0.05, 0.1) is 17.8 Å². The number of aromatic nitrogens is 3. The molecule has 0 aliphatic heterocycles. The average molecular weight is 335 g/mol. The average Bonchev–Trinajstić information content (AvgIpc) is 3.06. The molecule has 2 rings (SSSR count). The molecule has 0 unspecified atom stereocenters. The lowest BCUT2D eigenvalue weighted by molar-refractivity contribution is 0.994. The van der Waals surface area contributed by atoms with E-state index in [1.807, 2.05) is 19.1 Å². The summed E-state index contributed by atoms with van der Waals surface area (Å²) in [5.74, 6) is 0.0546. The highest BCUT2D eigenvalue weighted by Gasteiger charge is 2.16. The summed E-state index contributed by atoms with van der Waals surface area (Å²) >= 11 is 4.15. The first-order chi connectivity index (χ1) is 10.2. The second-order valence-electron chi connectivity index (χ2n) is 3.62. The summed E-state index contributed by atoms with van der Waals surface area (Å²) < 4.78 is 0.849. The van der Waals surface area contributed by atoms with Crippen molar-refractivity contribution in [2.45, 2.75) is 24.1 Å². The van der Waals surface area contributed by atoms with Gasteiger partial charge in [-0.1, -0.05) is 41.4 Å². The van der Waals surface area contributed by atoms with Gasteiger partial charge in [-0.15, -0.1) is 20.4 Å². The molecule has 0 N–H and O–H groups in total. The molecule has 2 aromatic rings. The number of azo groups is 1.